The highest BCUT2D eigenvalue weighted by Crippen LogP contribution is 2.12. The Balaban J connectivity index is 1.87. The van der Waals surface area contributed by atoms with Gasteiger partial charge in [-0.05, 0) is 17.7 Å². The summed E-state index contributed by atoms with van der Waals surface area (Å²) < 4.78 is 6.35. The van der Waals surface area contributed by atoms with Crippen molar-refractivity contribution in [3.05, 3.63) is 76.3 Å². The lowest BCUT2D eigenvalue weighted by atomic mass is 10.1. The third-order valence-corrected chi connectivity index (χ3v) is 4.22. The van der Waals surface area contributed by atoms with Gasteiger partial charge in [0.25, 0.3) is 11.5 Å². The molecule has 0 unspecified atom stereocenters. The minimum atomic E-state index is -0.852. The fraction of sp³-hybridized carbons (Fsp3) is 0.250. The first-order chi connectivity index (χ1) is 13.1. The van der Waals surface area contributed by atoms with Crippen molar-refractivity contribution in [1.29, 1.82) is 0 Å². The fourth-order valence-corrected chi connectivity index (χ4v) is 2.79. The molecule has 2 N–H and O–H groups in total. The van der Waals surface area contributed by atoms with Crippen LogP contribution in [0.5, 0.6) is 0 Å². The zero-order valence-corrected chi connectivity index (χ0v) is 15.0. The number of rotatable bonds is 7. The molecule has 1 atom stereocenters. The number of benzene rings is 2. The van der Waals surface area contributed by atoms with E-state index < -0.39 is 12.0 Å². The molecule has 2 aromatic carbocycles. The number of aliphatic hydroxyl groups is 1. The summed E-state index contributed by atoms with van der Waals surface area (Å²) in [7, 11) is 1.52. The molecule has 0 fully saturated rings. The van der Waals surface area contributed by atoms with Crippen molar-refractivity contribution in [1.82, 2.24) is 14.9 Å². The number of hydrogen-bond acceptors (Lipinski definition) is 5. The highest BCUT2D eigenvalue weighted by atomic mass is 16.5. The average molecular weight is 367 g/mol. The standard InChI is InChI=1S/C20H21N3O4/c1-27-12-11-23-18(22-16-10-6-5-9-15(16)20(23)26)19(25)21-13-17(24)14-7-3-2-4-8-14/h2-10,17,24H,11-13H2,1H3,(H,21,25)/t17-/m0/s1. The highest BCUT2D eigenvalue weighted by Gasteiger charge is 2.18. The molecule has 3 aromatic rings. The molecule has 0 spiro atoms. The zero-order valence-electron chi connectivity index (χ0n) is 15.0. The van der Waals surface area contributed by atoms with Crippen LogP contribution in [-0.4, -0.2) is 40.8 Å². The molecule has 0 aliphatic carbocycles. The summed E-state index contributed by atoms with van der Waals surface area (Å²) in [4.78, 5) is 29.8. The van der Waals surface area contributed by atoms with Crippen LogP contribution in [0.15, 0.2) is 59.4 Å². The molecule has 27 heavy (non-hydrogen) atoms. The Morgan fingerprint density at radius 2 is 1.89 bits per heavy atom. The van der Waals surface area contributed by atoms with Crippen molar-refractivity contribution in [2.45, 2.75) is 12.6 Å². The van der Waals surface area contributed by atoms with E-state index in [9.17, 15) is 14.7 Å². The molecule has 1 amide bonds. The van der Waals surface area contributed by atoms with Gasteiger partial charge in [0.05, 0.1) is 30.2 Å². The van der Waals surface area contributed by atoms with E-state index in [0.717, 1.165) is 0 Å². The average Bonchev–Trinajstić information content (AvgIpc) is 2.71. The van der Waals surface area contributed by atoms with Crippen molar-refractivity contribution in [3.63, 3.8) is 0 Å². The largest absolute Gasteiger partial charge is 0.387 e. The van der Waals surface area contributed by atoms with Crippen molar-refractivity contribution >= 4 is 16.8 Å². The quantitative estimate of drug-likeness (QED) is 0.660. The van der Waals surface area contributed by atoms with Crippen LogP contribution in [0.3, 0.4) is 0 Å². The topological polar surface area (TPSA) is 93.4 Å². The molecular formula is C20H21N3O4. The molecule has 1 aromatic heterocycles. The fourth-order valence-electron chi connectivity index (χ4n) is 2.79. The first kappa shape index (κ1) is 18.8. The molecule has 0 radical (unpaired) electrons. The van der Waals surface area contributed by atoms with Crippen LogP contribution in [0.4, 0.5) is 0 Å². The lowest BCUT2D eigenvalue weighted by Crippen LogP contribution is -2.36. The molecule has 0 bridgehead atoms. The number of aliphatic hydroxyl groups excluding tert-OH is 1. The predicted molar refractivity (Wildman–Crippen MR) is 102 cm³/mol. The summed E-state index contributed by atoms with van der Waals surface area (Å²) in [6.07, 6.45) is -0.852. The second kappa shape index (κ2) is 8.57. The lowest BCUT2D eigenvalue weighted by molar-refractivity contribution is 0.0897. The van der Waals surface area contributed by atoms with Gasteiger partial charge in [0.15, 0.2) is 0 Å². The van der Waals surface area contributed by atoms with Crippen LogP contribution in [0.25, 0.3) is 10.9 Å². The summed E-state index contributed by atoms with van der Waals surface area (Å²) in [6.45, 7) is 0.486. The van der Waals surface area contributed by atoms with E-state index in [1.807, 2.05) is 18.2 Å². The number of amides is 1. The van der Waals surface area contributed by atoms with Crippen LogP contribution < -0.4 is 10.9 Å². The van der Waals surface area contributed by atoms with E-state index in [2.05, 4.69) is 10.3 Å². The van der Waals surface area contributed by atoms with E-state index in [0.29, 0.717) is 16.5 Å². The summed E-state index contributed by atoms with van der Waals surface area (Å²) >= 11 is 0. The highest BCUT2D eigenvalue weighted by molar-refractivity contribution is 5.93. The summed E-state index contributed by atoms with van der Waals surface area (Å²) in [5.41, 5.74) is 0.845. The smallest absolute Gasteiger partial charge is 0.287 e. The molecule has 7 nitrogen and oxygen atoms in total. The second-order valence-corrected chi connectivity index (χ2v) is 6.04. The first-order valence-corrected chi connectivity index (χ1v) is 8.61. The van der Waals surface area contributed by atoms with E-state index in [4.69, 9.17) is 4.74 Å². The van der Waals surface area contributed by atoms with E-state index in [1.54, 1.807) is 36.4 Å². The summed E-state index contributed by atoms with van der Waals surface area (Å²) in [5, 5.41) is 13.3. The van der Waals surface area contributed by atoms with Crippen LogP contribution in [0.1, 0.15) is 22.3 Å². The molecule has 0 saturated heterocycles. The molecule has 1 heterocycles. The molecule has 7 heteroatoms. The van der Waals surface area contributed by atoms with E-state index in [1.165, 1.54) is 11.7 Å². The maximum absolute atomic E-state index is 12.8. The maximum Gasteiger partial charge on any atom is 0.287 e. The Kier molecular flexibility index (Phi) is 5.95. The molecule has 0 aliphatic heterocycles. The first-order valence-electron chi connectivity index (χ1n) is 8.61. The van der Waals surface area contributed by atoms with Crippen molar-refractivity contribution in [3.8, 4) is 0 Å². The van der Waals surface area contributed by atoms with Crippen LogP contribution >= 0.6 is 0 Å². The monoisotopic (exact) mass is 367 g/mol. The van der Waals surface area contributed by atoms with Gasteiger partial charge >= 0.3 is 0 Å². The Morgan fingerprint density at radius 3 is 2.63 bits per heavy atom. The molecule has 0 aliphatic rings. The zero-order chi connectivity index (χ0) is 19.2. The van der Waals surface area contributed by atoms with Crippen LogP contribution in [0, 0.1) is 0 Å². The molecule has 3 rings (SSSR count). The van der Waals surface area contributed by atoms with Crippen molar-refractivity contribution in [2.75, 3.05) is 20.3 Å². The number of aromatic nitrogens is 2. The minimum Gasteiger partial charge on any atom is -0.387 e. The normalized spacial score (nSPS) is 12.1. The Hall–Kier alpha value is -3.03. The van der Waals surface area contributed by atoms with Crippen molar-refractivity contribution in [2.24, 2.45) is 0 Å². The van der Waals surface area contributed by atoms with Gasteiger partial charge in [-0.1, -0.05) is 42.5 Å². The van der Waals surface area contributed by atoms with Gasteiger partial charge in [0.1, 0.15) is 0 Å². The number of nitrogens with zero attached hydrogens (tertiary/aromatic N) is 2. The number of carbonyl (C=O) groups is 1. The second-order valence-electron chi connectivity index (χ2n) is 6.04. The number of fused-ring (bicyclic) bond motifs is 1. The van der Waals surface area contributed by atoms with Gasteiger partial charge in [0.2, 0.25) is 5.82 Å². The number of para-hydroxylation sites is 1. The van der Waals surface area contributed by atoms with Gasteiger partial charge in [-0.25, -0.2) is 4.98 Å². The Bertz CT molecular complexity index is 985. The maximum atomic E-state index is 12.8. The summed E-state index contributed by atoms with van der Waals surface area (Å²) in [5.74, 6) is -0.528. The number of carbonyl (C=O) groups excluding carboxylic acids is 1. The number of ether oxygens (including phenoxy) is 1. The van der Waals surface area contributed by atoms with Gasteiger partial charge in [-0.2, -0.15) is 0 Å². The molecule has 140 valence electrons. The minimum absolute atomic E-state index is 0.00369. The number of hydrogen-bond donors (Lipinski definition) is 2. The van der Waals surface area contributed by atoms with Crippen molar-refractivity contribution < 1.29 is 14.6 Å². The van der Waals surface area contributed by atoms with E-state index in [-0.39, 0.29) is 31.1 Å². The Morgan fingerprint density at radius 1 is 1.19 bits per heavy atom. The van der Waals surface area contributed by atoms with E-state index >= 15 is 0 Å². The van der Waals surface area contributed by atoms with Gasteiger partial charge in [-0.3, -0.25) is 14.2 Å². The predicted octanol–water partition coefficient (Wildman–Crippen LogP) is 1.51. The molecular weight excluding hydrogens is 346 g/mol. The lowest BCUT2D eigenvalue weighted by Gasteiger charge is -2.15. The third-order valence-electron chi connectivity index (χ3n) is 4.22. The third kappa shape index (κ3) is 4.21. The van der Waals surface area contributed by atoms with Crippen LogP contribution in [0.2, 0.25) is 0 Å². The Labute approximate surface area is 156 Å². The molecule has 0 saturated carbocycles. The van der Waals surface area contributed by atoms with Gasteiger partial charge < -0.3 is 15.2 Å². The SMILES string of the molecule is COCCn1c(C(=O)NC[C@H](O)c2ccccc2)nc2ccccc2c1=O. The number of nitrogens with one attached hydrogen (secondary N) is 1. The number of methoxy groups -OCH3 is 1. The van der Waals surface area contributed by atoms with Gasteiger partial charge in [-0.15, -0.1) is 0 Å². The summed E-state index contributed by atoms with van der Waals surface area (Å²) in [6, 6.07) is 15.9. The van der Waals surface area contributed by atoms with Gasteiger partial charge in [0, 0.05) is 13.7 Å². The van der Waals surface area contributed by atoms with Crippen LogP contribution in [-0.2, 0) is 11.3 Å².